The summed E-state index contributed by atoms with van der Waals surface area (Å²) in [7, 11) is 0. The summed E-state index contributed by atoms with van der Waals surface area (Å²) in [5, 5.41) is 0. The molecule has 0 amide bonds. The van der Waals surface area contributed by atoms with Gasteiger partial charge in [-0.25, -0.2) is 0 Å². The number of rotatable bonds is 1. The van der Waals surface area contributed by atoms with E-state index >= 15 is 0 Å². The van der Waals surface area contributed by atoms with Gasteiger partial charge >= 0.3 is 0 Å². The molecule has 74 valence electrons. The van der Waals surface area contributed by atoms with Crippen LogP contribution in [0.15, 0.2) is 30.3 Å². The predicted octanol–water partition coefficient (Wildman–Crippen LogP) is 2.90. The zero-order valence-electron chi connectivity index (χ0n) is 8.57. The summed E-state index contributed by atoms with van der Waals surface area (Å²) in [6.45, 7) is 2.35. The molecule has 3 atom stereocenters. The Labute approximate surface area is 85.1 Å². The van der Waals surface area contributed by atoms with Gasteiger partial charge in [-0.15, -0.1) is 0 Å². The highest BCUT2D eigenvalue weighted by Crippen LogP contribution is 2.50. The third kappa shape index (κ3) is 1.12. The standard InChI is InChI=1S/C13H16O/c1-13(10-6-3-2-4-7-10)9-5-8-11-12(13)14-11/h2-4,6-7,11-12H,5,8-9H2,1H3/t11-,12+,13?/m1/s1. The summed E-state index contributed by atoms with van der Waals surface area (Å²) >= 11 is 0. The second kappa shape index (κ2) is 2.83. The molecule has 0 radical (unpaired) electrons. The van der Waals surface area contributed by atoms with E-state index in [4.69, 9.17) is 4.74 Å². The average molecular weight is 188 g/mol. The van der Waals surface area contributed by atoms with Crippen molar-refractivity contribution in [1.82, 2.24) is 0 Å². The summed E-state index contributed by atoms with van der Waals surface area (Å²) in [6, 6.07) is 10.8. The summed E-state index contributed by atoms with van der Waals surface area (Å²) in [4.78, 5) is 0. The third-order valence-corrected chi connectivity index (χ3v) is 3.83. The first-order valence-corrected chi connectivity index (χ1v) is 5.52. The zero-order valence-corrected chi connectivity index (χ0v) is 8.57. The van der Waals surface area contributed by atoms with Gasteiger partial charge in [0.25, 0.3) is 0 Å². The molecule has 0 bridgehead atoms. The maximum Gasteiger partial charge on any atom is 0.0935 e. The Morgan fingerprint density at radius 2 is 2.07 bits per heavy atom. The number of benzene rings is 1. The summed E-state index contributed by atoms with van der Waals surface area (Å²) in [5.74, 6) is 0. The molecule has 0 N–H and O–H groups in total. The van der Waals surface area contributed by atoms with Gasteiger partial charge in [-0.05, 0) is 24.8 Å². The lowest BCUT2D eigenvalue weighted by atomic mass is 9.71. The van der Waals surface area contributed by atoms with E-state index in [1.54, 1.807) is 0 Å². The van der Waals surface area contributed by atoms with Crippen LogP contribution < -0.4 is 0 Å². The predicted molar refractivity (Wildman–Crippen MR) is 56.3 cm³/mol. The van der Waals surface area contributed by atoms with Gasteiger partial charge in [0.15, 0.2) is 0 Å². The molecule has 14 heavy (non-hydrogen) atoms. The van der Waals surface area contributed by atoms with E-state index in [1.807, 2.05) is 0 Å². The van der Waals surface area contributed by atoms with Gasteiger partial charge in [0.05, 0.1) is 12.2 Å². The molecular weight excluding hydrogens is 172 g/mol. The highest BCUT2D eigenvalue weighted by Gasteiger charge is 2.54. The molecule has 1 saturated carbocycles. The van der Waals surface area contributed by atoms with Crippen LogP contribution in [-0.2, 0) is 10.2 Å². The minimum atomic E-state index is 0.282. The lowest BCUT2D eigenvalue weighted by Gasteiger charge is -2.31. The van der Waals surface area contributed by atoms with Crippen LogP contribution >= 0.6 is 0 Å². The van der Waals surface area contributed by atoms with E-state index in [0.717, 1.165) is 0 Å². The second-order valence-corrected chi connectivity index (χ2v) is 4.77. The fraction of sp³-hybridized carbons (Fsp3) is 0.538. The van der Waals surface area contributed by atoms with Crippen LogP contribution in [0.3, 0.4) is 0 Å². The number of hydrogen-bond donors (Lipinski definition) is 0. The number of epoxide rings is 1. The summed E-state index contributed by atoms with van der Waals surface area (Å²) in [6.07, 6.45) is 4.92. The van der Waals surface area contributed by atoms with Gasteiger partial charge in [-0.2, -0.15) is 0 Å². The van der Waals surface area contributed by atoms with Crippen LogP contribution in [0.1, 0.15) is 31.7 Å². The number of hydrogen-bond acceptors (Lipinski definition) is 1. The fourth-order valence-corrected chi connectivity index (χ4v) is 2.86. The van der Waals surface area contributed by atoms with Gasteiger partial charge in [0.2, 0.25) is 0 Å². The number of ether oxygens (including phenoxy) is 1. The first kappa shape index (κ1) is 8.49. The van der Waals surface area contributed by atoms with Gasteiger partial charge < -0.3 is 4.74 Å². The molecule has 1 saturated heterocycles. The van der Waals surface area contributed by atoms with E-state index in [0.29, 0.717) is 12.2 Å². The van der Waals surface area contributed by atoms with Crippen molar-refractivity contribution in [1.29, 1.82) is 0 Å². The number of fused-ring (bicyclic) bond motifs is 1. The third-order valence-electron chi connectivity index (χ3n) is 3.83. The topological polar surface area (TPSA) is 12.5 Å². The maximum absolute atomic E-state index is 5.75. The first-order valence-electron chi connectivity index (χ1n) is 5.52. The normalized spacial score (nSPS) is 40.4. The van der Waals surface area contributed by atoms with Crippen molar-refractivity contribution < 1.29 is 4.74 Å². The Kier molecular flexibility index (Phi) is 1.72. The Morgan fingerprint density at radius 1 is 1.29 bits per heavy atom. The van der Waals surface area contributed by atoms with Crippen molar-refractivity contribution in [3.63, 3.8) is 0 Å². The largest absolute Gasteiger partial charge is 0.369 e. The molecule has 2 aliphatic rings. The van der Waals surface area contributed by atoms with Crippen molar-refractivity contribution in [3.05, 3.63) is 35.9 Å². The quantitative estimate of drug-likeness (QED) is 0.617. The average Bonchev–Trinajstić information content (AvgIpc) is 3.00. The fourth-order valence-electron chi connectivity index (χ4n) is 2.86. The lowest BCUT2D eigenvalue weighted by Crippen LogP contribution is -2.33. The minimum Gasteiger partial charge on any atom is -0.369 e. The Morgan fingerprint density at radius 3 is 2.86 bits per heavy atom. The molecule has 1 aliphatic heterocycles. The first-order chi connectivity index (χ1) is 6.81. The van der Waals surface area contributed by atoms with Gasteiger partial charge in [-0.3, -0.25) is 0 Å². The van der Waals surface area contributed by atoms with E-state index in [-0.39, 0.29) is 5.41 Å². The summed E-state index contributed by atoms with van der Waals surface area (Å²) in [5.41, 5.74) is 1.73. The molecule has 2 fully saturated rings. The van der Waals surface area contributed by atoms with E-state index in [1.165, 1.54) is 24.8 Å². The molecule has 1 heteroatoms. The highest BCUT2D eigenvalue weighted by atomic mass is 16.6. The molecule has 1 heterocycles. The summed E-state index contributed by atoms with van der Waals surface area (Å²) < 4.78 is 5.75. The SMILES string of the molecule is CC1(c2ccccc2)CCC[C@H]2O[C@@H]21. The van der Waals surface area contributed by atoms with E-state index in [2.05, 4.69) is 37.3 Å². The molecule has 1 aliphatic carbocycles. The zero-order chi connectivity index (χ0) is 9.60. The second-order valence-electron chi connectivity index (χ2n) is 4.77. The maximum atomic E-state index is 5.75. The van der Waals surface area contributed by atoms with Crippen LogP contribution in [0.25, 0.3) is 0 Å². The molecule has 1 unspecified atom stereocenters. The molecule has 1 aromatic carbocycles. The highest BCUT2D eigenvalue weighted by molar-refractivity contribution is 5.29. The minimum absolute atomic E-state index is 0.282. The Balaban J connectivity index is 1.96. The molecule has 1 nitrogen and oxygen atoms in total. The van der Waals surface area contributed by atoms with Crippen molar-refractivity contribution in [2.24, 2.45) is 0 Å². The molecule has 0 spiro atoms. The van der Waals surface area contributed by atoms with Crippen molar-refractivity contribution in [2.45, 2.75) is 43.8 Å². The van der Waals surface area contributed by atoms with Crippen LogP contribution in [-0.4, -0.2) is 12.2 Å². The molecule has 1 aromatic rings. The van der Waals surface area contributed by atoms with Gasteiger partial charge in [0, 0.05) is 5.41 Å². The van der Waals surface area contributed by atoms with Crippen molar-refractivity contribution in [2.75, 3.05) is 0 Å². The van der Waals surface area contributed by atoms with Gasteiger partial charge in [-0.1, -0.05) is 37.3 Å². The lowest BCUT2D eigenvalue weighted by molar-refractivity contribution is 0.293. The van der Waals surface area contributed by atoms with E-state index < -0.39 is 0 Å². The van der Waals surface area contributed by atoms with E-state index in [9.17, 15) is 0 Å². The van der Waals surface area contributed by atoms with Crippen LogP contribution in [0, 0.1) is 0 Å². The van der Waals surface area contributed by atoms with Crippen LogP contribution in [0.2, 0.25) is 0 Å². The van der Waals surface area contributed by atoms with Crippen molar-refractivity contribution in [3.8, 4) is 0 Å². The Bertz CT molecular complexity index is 332. The molecule has 3 rings (SSSR count). The smallest absolute Gasteiger partial charge is 0.0935 e. The molecular formula is C13H16O. The van der Waals surface area contributed by atoms with Crippen LogP contribution in [0.4, 0.5) is 0 Å². The van der Waals surface area contributed by atoms with Crippen LogP contribution in [0.5, 0.6) is 0 Å². The van der Waals surface area contributed by atoms with Gasteiger partial charge in [0.1, 0.15) is 0 Å². The molecule has 0 aromatic heterocycles. The Hall–Kier alpha value is -0.820. The van der Waals surface area contributed by atoms with Crippen molar-refractivity contribution >= 4 is 0 Å². The monoisotopic (exact) mass is 188 g/mol.